The number of benzene rings is 1. The first kappa shape index (κ1) is 15.8. The van der Waals surface area contributed by atoms with Crippen molar-refractivity contribution in [2.75, 3.05) is 18.4 Å². The number of rotatable bonds is 3. The van der Waals surface area contributed by atoms with Gasteiger partial charge in [0.15, 0.2) is 0 Å². The van der Waals surface area contributed by atoms with Gasteiger partial charge in [0, 0.05) is 11.7 Å². The highest BCUT2D eigenvalue weighted by Gasteiger charge is 2.30. The minimum absolute atomic E-state index is 0.180. The molecule has 1 aromatic carbocycles. The molecule has 1 aliphatic rings. The van der Waals surface area contributed by atoms with Crippen LogP contribution in [0.5, 0.6) is 0 Å². The fourth-order valence-electron chi connectivity index (χ4n) is 2.55. The number of nitrogens with one attached hydrogen (secondary N) is 1. The van der Waals surface area contributed by atoms with Crippen molar-refractivity contribution in [1.29, 1.82) is 0 Å². The lowest BCUT2D eigenvalue weighted by Gasteiger charge is -2.32. The molecular formula is C15H19F3N2O. The van der Waals surface area contributed by atoms with Crippen LogP contribution in [-0.2, 0) is 11.0 Å². The minimum atomic E-state index is -4.40. The monoisotopic (exact) mass is 300 g/mol. The number of likely N-dealkylation sites (tertiary alicyclic amines) is 1. The zero-order chi connectivity index (χ0) is 15.5. The number of anilines is 1. The first-order chi connectivity index (χ1) is 9.86. The van der Waals surface area contributed by atoms with Crippen LogP contribution in [-0.4, -0.2) is 29.9 Å². The Kier molecular flexibility index (Phi) is 4.88. The van der Waals surface area contributed by atoms with Crippen LogP contribution in [0.2, 0.25) is 0 Å². The smallest absolute Gasteiger partial charge is 0.325 e. The Morgan fingerprint density at radius 2 is 2.14 bits per heavy atom. The topological polar surface area (TPSA) is 32.3 Å². The van der Waals surface area contributed by atoms with Gasteiger partial charge in [0.25, 0.3) is 0 Å². The number of carbonyl (C=O) groups excluding carboxylic acids is 1. The summed E-state index contributed by atoms with van der Waals surface area (Å²) in [4.78, 5) is 14.0. The molecule has 0 bridgehead atoms. The van der Waals surface area contributed by atoms with Crippen LogP contribution in [0.25, 0.3) is 0 Å². The van der Waals surface area contributed by atoms with Crippen molar-refractivity contribution in [3.05, 3.63) is 29.8 Å². The van der Waals surface area contributed by atoms with Crippen LogP contribution in [0.3, 0.4) is 0 Å². The Hall–Kier alpha value is -1.56. The summed E-state index contributed by atoms with van der Waals surface area (Å²) in [5, 5.41) is 2.54. The molecule has 116 valence electrons. The second-order valence-corrected chi connectivity index (χ2v) is 5.44. The molecule has 1 heterocycles. The van der Waals surface area contributed by atoms with Crippen molar-refractivity contribution in [3.63, 3.8) is 0 Å². The van der Waals surface area contributed by atoms with Crippen LogP contribution in [0, 0.1) is 0 Å². The van der Waals surface area contributed by atoms with Crippen molar-refractivity contribution in [1.82, 2.24) is 4.90 Å². The van der Waals surface area contributed by atoms with Crippen molar-refractivity contribution in [3.8, 4) is 0 Å². The largest absolute Gasteiger partial charge is 0.416 e. The minimum Gasteiger partial charge on any atom is -0.325 e. The molecule has 1 N–H and O–H groups in total. The van der Waals surface area contributed by atoms with Gasteiger partial charge in [0.1, 0.15) is 0 Å². The van der Waals surface area contributed by atoms with Gasteiger partial charge in [-0.05, 0) is 44.5 Å². The zero-order valence-corrected chi connectivity index (χ0v) is 11.9. The quantitative estimate of drug-likeness (QED) is 0.926. The van der Waals surface area contributed by atoms with Crippen molar-refractivity contribution >= 4 is 11.6 Å². The molecule has 1 aromatic rings. The summed E-state index contributed by atoms with van der Waals surface area (Å²) in [5.74, 6) is -0.275. The van der Waals surface area contributed by atoms with Gasteiger partial charge < -0.3 is 5.32 Å². The van der Waals surface area contributed by atoms with Gasteiger partial charge in [0.05, 0.1) is 12.1 Å². The maximum Gasteiger partial charge on any atom is 0.416 e. The number of alkyl halides is 3. The molecule has 0 spiro atoms. The molecule has 0 unspecified atom stereocenters. The lowest BCUT2D eigenvalue weighted by Crippen LogP contribution is -2.42. The molecule has 21 heavy (non-hydrogen) atoms. The third-order valence-electron chi connectivity index (χ3n) is 3.76. The lowest BCUT2D eigenvalue weighted by atomic mass is 10.0. The SMILES string of the molecule is C[C@H]1CCCCN1CC(=O)Nc1cccc(C(F)(F)F)c1. The molecule has 2 rings (SSSR count). The molecule has 1 aliphatic heterocycles. The predicted molar refractivity (Wildman–Crippen MR) is 75.0 cm³/mol. The van der Waals surface area contributed by atoms with Crippen LogP contribution in [0.4, 0.5) is 18.9 Å². The first-order valence-corrected chi connectivity index (χ1v) is 7.07. The van der Waals surface area contributed by atoms with Gasteiger partial charge in [-0.1, -0.05) is 12.5 Å². The predicted octanol–water partition coefficient (Wildman–Crippen LogP) is 3.52. The number of halogens is 3. The van der Waals surface area contributed by atoms with Crippen LogP contribution < -0.4 is 5.32 Å². The highest BCUT2D eigenvalue weighted by atomic mass is 19.4. The first-order valence-electron chi connectivity index (χ1n) is 7.07. The number of hydrogen-bond acceptors (Lipinski definition) is 2. The van der Waals surface area contributed by atoms with Crippen molar-refractivity contribution in [2.45, 2.75) is 38.4 Å². The lowest BCUT2D eigenvalue weighted by molar-refractivity contribution is -0.137. The Morgan fingerprint density at radius 1 is 1.38 bits per heavy atom. The van der Waals surface area contributed by atoms with E-state index < -0.39 is 11.7 Å². The summed E-state index contributed by atoms with van der Waals surface area (Å²) >= 11 is 0. The van der Waals surface area contributed by atoms with Gasteiger partial charge in [-0.2, -0.15) is 13.2 Å². The van der Waals surface area contributed by atoms with E-state index in [9.17, 15) is 18.0 Å². The summed E-state index contributed by atoms with van der Waals surface area (Å²) < 4.78 is 37.8. The van der Waals surface area contributed by atoms with Gasteiger partial charge in [0.2, 0.25) is 5.91 Å². The van der Waals surface area contributed by atoms with Crippen LogP contribution >= 0.6 is 0 Å². The number of hydrogen-bond donors (Lipinski definition) is 1. The molecule has 0 aromatic heterocycles. The third-order valence-corrected chi connectivity index (χ3v) is 3.76. The van der Waals surface area contributed by atoms with Gasteiger partial charge in [-0.25, -0.2) is 0 Å². The molecule has 6 heteroatoms. The summed E-state index contributed by atoms with van der Waals surface area (Å²) in [6, 6.07) is 5.04. The average Bonchev–Trinajstić information content (AvgIpc) is 2.41. The van der Waals surface area contributed by atoms with Crippen molar-refractivity contribution < 1.29 is 18.0 Å². The van der Waals surface area contributed by atoms with E-state index in [1.807, 2.05) is 0 Å². The molecule has 1 fully saturated rings. The highest BCUT2D eigenvalue weighted by molar-refractivity contribution is 5.92. The third kappa shape index (κ3) is 4.46. The zero-order valence-electron chi connectivity index (χ0n) is 11.9. The fraction of sp³-hybridized carbons (Fsp3) is 0.533. The summed E-state index contributed by atoms with van der Waals surface area (Å²) in [7, 11) is 0. The van der Waals surface area contributed by atoms with Gasteiger partial charge in [-0.15, -0.1) is 0 Å². The van der Waals surface area contributed by atoms with E-state index in [-0.39, 0.29) is 18.1 Å². The average molecular weight is 300 g/mol. The number of carbonyl (C=O) groups is 1. The molecule has 1 saturated heterocycles. The van der Waals surface area contributed by atoms with E-state index in [4.69, 9.17) is 0 Å². The Bertz CT molecular complexity index is 502. The molecular weight excluding hydrogens is 281 g/mol. The van der Waals surface area contributed by atoms with Gasteiger partial charge >= 0.3 is 6.18 Å². The second-order valence-electron chi connectivity index (χ2n) is 5.44. The fourth-order valence-corrected chi connectivity index (χ4v) is 2.55. The van der Waals surface area contributed by atoms with E-state index in [0.29, 0.717) is 6.04 Å². The van der Waals surface area contributed by atoms with E-state index in [2.05, 4.69) is 17.1 Å². The van der Waals surface area contributed by atoms with E-state index in [0.717, 1.165) is 37.9 Å². The number of nitrogens with zero attached hydrogens (tertiary/aromatic N) is 1. The van der Waals surface area contributed by atoms with Crippen LogP contribution in [0.15, 0.2) is 24.3 Å². The highest BCUT2D eigenvalue weighted by Crippen LogP contribution is 2.30. The standard InChI is InChI=1S/C15H19F3N2O/c1-11-5-2-3-8-20(11)10-14(21)19-13-7-4-6-12(9-13)15(16,17)18/h4,6-7,9,11H,2-3,5,8,10H2,1H3,(H,19,21)/t11-/m0/s1. The molecule has 0 aliphatic carbocycles. The normalized spacial score (nSPS) is 20.3. The molecule has 1 atom stereocenters. The maximum atomic E-state index is 12.6. The van der Waals surface area contributed by atoms with E-state index in [1.54, 1.807) is 0 Å². The molecule has 1 amide bonds. The maximum absolute atomic E-state index is 12.6. The molecule has 0 saturated carbocycles. The van der Waals surface area contributed by atoms with E-state index in [1.165, 1.54) is 12.1 Å². The summed E-state index contributed by atoms with van der Waals surface area (Å²) in [6.45, 7) is 3.14. The Labute approximate surface area is 122 Å². The van der Waals surface area contributed by atoms with E-state index >= 15 is 0 Å². The van der Waals surface area contributed by atoms with Crippen LogP contribution in [0.1, 0.15) is 31.7 Å². The van der Waals surface area contributed by atoms with Crippen molar-refractivity contribution in [2.24, 2.45) is 0 Å². The van der Waals surface area contributed by atoms with Gasteiger partial charge in [-0.3, -0.25) is 9.69 Å². The molecule has 3 nitrogen and oxygen atoms in total. The Morgan fingerprint density at radius 3 is 2.81 bits per heavy atom. The summed E-state index contributed by atoms with van der Waals surface area (Å²) in [5.41, 5.74) is -0.578. The summed E-state index contributed by atoms with van der Waals surface area (Å²) in [6.07, 6.45) is -1.13. The number of piperidine rings is 1. The second kappa shape index (κ2) is 6.47. The number of amides is 1. The molecule has 0 radical (unpaired) electrons. The Balaban J connectivity index is 1.96.